The van der Waals surface area contributed by atoms with Crippen LogP contribution in [0.25, 0.3) is 0 Å². The van der Waals surface area contributed by atoms with Crippen LogP contribution in [-0.2, 0) is 0 Å². The van der Waals surface area contributed by atoms with Crippen LogP contribution in [0.1, 0.15) is 33.6 Å². The Morgan fingerprint density at radius 1 is 1.41 bits per heavy atom. The lowest BCUT2D eigenvalue weighted by atomic mass is 10.1. The number of allylic oxidation sites excluding steroid dienone is 2. The largest absolute Gasteiger partial charge is 0.497 e. The molecule has 0 unspecified atom stereocenters. The molecule has 17 heavy (non-hydrogen) atoms. The summed E-state index contributed by atoms with van der Waals surface area (Å²) < 4.78 is 5.20. The van der Waals surface area contributed by atoms with Crippen LogP contribution in [-0.4, -0.2) is 13.2 Å². The van der Waals surface area contributed by atoms with E-state index in [1.807, 2.05) is 18.2 Å². The Morgan fingerprint density at radius 3 is 2.82 bits per heavy atom. The Kier molecular flexibility index (Phi) is 5.61. The topological polar surface area (TPSA) is 21.3 Å². The van der Waals surface area contributed by atoms with Gasteiger partial charge in [0.15, 0.2) is 0 Å². The van der Waals surface area contributed by atoms with Gasteiger partial charge in [-0.1, -0.05) is 17.7 Å². The molecule has 2 heteroatoms. The van der Waals surface area contributed by atoms with Crippen molar-refractivity contribution in [1.82, 2.24) is 0 Å². The molecule has 0 radical (unpaired) electrons. The maximum absolute atomic E-state index is 5.20. The normalized spacial score (nSPS) is 11.8. The summed E-state index contributed by atoms with van der Waals surface area (Å²) in [5.74, 6) is 0.895. The number of hydrogen-bond acceptors (Lipinski definition) is 2. The van der Waals surface area contributed by atoms with E-state index in [1.54, 1.807) is 7.11 Å². The molecule has 0 aliphatic heterocycles. The van der Waals surface area contributed by atoms with Gasteiger partial charge >= 0.3 is 0 Å². The second-order valence-corrected chi connectivity index (χ2v) is 4.64. The van der Waals surface area contributed by atoms with Gasteiger partial charge < -0.3 is 10.1 Å². The average molecular weight is 233 g/mol. The molecule has 0 spiro atoms. The van der Waals surface area contributed by atoms with E-state index < -0.39 is 0 Å². The van der Waals surface area contributed by atoms with Gasteiger partial charge in [-0.05, 0) is 45.7 Å². The third kappa shape index (κ3) is 5.43. The van der Waals surface area contributed by atoms with Crippen molar-refractivity contribution in [2.24, 2.45) is 0 Å². The molecule has 0 amide bonds. The van der Waals surface area contributed by atoms with Gasteiger partial charge in [-0.25, -0.2) is 0 Å². The summed E-state index contributed by atoms with van der Waals surface area (Å²) in [7, 11) is 1.69. The molecule has 2 nitrogen and oxygen atoms in total. The highest BCUT2D eigenvalue weighted by Crippen LogP contribution is 2.18. The molecule has 94 valence electrons. The van der Waals surface area contributed by atoms with E-state index in [4.69, 9.17) is 4.74 Å². The molecule has 0 saturated carbocycles. The van der Waals surface area contributed by atoms with Gasteiger partial charge in [-0.2, -0.15) is 0 Å². The summed E-state index contributed by atoms with van der Waals surface area (Å²) in [6, 6.07) is 8.53. The summed E-state index contributed by atoms with van der Waals surface area (Å²) in [6.45, 7) is 6.48. The molecule has 0 heterocycles. The molecule has 0 aliphatic carbocycles. The fourth-order valence-corrected chi connectivity index (χ4v) is 1.69. The fourth-order valence-electron chi connectivity index (χ4n) is 1.69. The van der Waals surface area contributed by atoms with Crippen LogP contribution >= 0.6 is 0 Å². The Morgan fingerprint density at radius 2 is 2.18 bits per heavy atom. The van der Waals surface area contributed by atoms with Crippen molar-refractivity contribution in [3.05, 3.63) is 35.9 Å². The second-order valence-electron chi connectivity index (χ2n) is 4.64. The van der Waals surface area contributed by atoms with E-state index in [9.17, 15) is 0 Å². The van der Waals surface area contributed by atoms with Crippen molar-refractivity contribution in [3.63, 3.8) is 0 Å². The zero-order chi connectivity index (χ0) is 12.7. The lowest BCUT2D eigenvalue weighted by Crippen LogP contribution is -2.14. The van der Waals surface area contributed by atoms with Gasteiger partial charge in [-0.15, -0.1) is 0 Å². The number of anilines is 1. The molecule has 0 fully saturated rings. The highest BCUT2D eigenvalue weighted by molar-refractivity contribution is 5.48. The van der Waals surface area contributed by atoms with Crippen molar-refractivity contribution in [2.45, 2.75) is 39.7 Å². The number of ether oxygens (including phenoxy) is 1. The van der Waals surface area contributed by atoms with Crippen molar-refractivity contribution in [2.75, 3.05) is 12.4 Å². The van der Waals surface area contributed by atoms with Gasteiger partial charge in [0, 0.05) is 17.8 Å². The van der Waals surface area contributed by atoms with Gasteiger partial charge in [0.2, 0.25) is 0 Å². The summed E-state index contributed by atoms with van der Waals surface area (Å²) in [5.41, 5.74) is 2.51. The molecule has 1 N–H and O–H groups in total. The predicted octanol–water partition coefficient (Wildman–Crippen LogP) is 4.24. The van der Waals surface area contributed by atoms with Gasteiger partial charge in [0.05, 0.1) is 7.11 Å². The average Bonchev–Trinajstić information content (AvgIpc) is 2.28. The van der Waals surface area contributed by atoms with Crippen LogP contribution < -0.4 is 10.1 Å². The summed E-state index contributed by atoms with van der Waals surface area (Å²) in [6.07, 6.45) is 4.55. The van der Waals surface area contributed by atoms with E-state index >= 15 is 0 Å². The van der Waals surface area contributed by atoms with Crippen LogP contribution in [0.3, 0.4) is 0 Å². The van der Waals surface area contributed by atoms with Crippen molar-refractivity contribution in [3.8, 4) is 5.75 Å². The molecule has 0 bridgehead atoms. The van der Waals surface area contributed by atoms with Gasteiger partial charge in [-0.3, -0.25) is 0 Å². The molecule has 1 atom stereocenters. The fraction of sp³-hybridized carbons (Fsp3) is 0.467. The Balaban J connectivity index is 2.44. The number of hydrogen-bond donors (Lipinski definition) is 1. The lowest BCUT2D eigenvalue weighted by molar-refractivity contribution is 0.415. The number of nitrogens with one attached hydrogen (secondary N) is 1. The highest BCUT2D eigenvalue weighted by atomic mass is 16.5. The molecule has 1 aromatic rings. The standard InChI is InChI=1S/C15H23NO/c1-12(2)7-5-8-13(3)16-14-9-6-10-15(11-14)17-4/h6-7,9-11,13,16H,5,8H2,1-4H3/t13-/m0/s1. The van der Waals surface area contributed by atoms with E-state index in [-0.39, 0.29) is 0 Å². The first-order chi connectivity index (χ1) is 8.11. The SMILES string of the molecule is COc1cccc(N[C@@H](C)CCC=C(C)C)c1. The summed E-state index contributed by atoms with van der Waals surface area (Å²) in [5, 5.41) is 3.48. The monoisotopic (exact) mass is 233 g/mol. The molecule has 1 aromatic carbocycles. The Labute approximate surface area is 105 Å². The maximum Gasteiger partial charge on any atom is 0.120 e. The smallest absolute Gasteiger partial charge is 0.120 e. The summed E-state index contributed by atoms with van der Waals surface area (Å²) >= 11 is 0. The van der Waals surface area contributed by atoms with E-state index in [0.717, 1.165) is 24.3 Å². The third-order valence-electron chi connectivity index (χ3n) is 2.64. The zero-order valence-electron chi connectivity index (χ0n) is 11.3. The Bertz CT molecular complexity index is 367. The minimum Gasteiger partial charge on any atom is -0.497 e. The van der Waals surface area contributed by atoms with Crippen molar-refractivity contribution in [1.29, 1.82) is 0 Å². The van der Waals surface area contributed by atoms with Crippen LogP contribution in [0.2, 0.25) is 0 Å². The van der Waals surface area contributed by atoms with Crippen molar-refractivity contribution < 1.29 is 4.74 Å². The van der Waals surface area contributed by atoms with Gasteiger partial charge in [0.25, 0.3) is 0 Å². The minimum atomic E-state index is 0.470. The first-order valence-corrected chi connectivity index (χ1v) is 6.15. The third-order valence-corrected chi connectivity index (χ3v) is 2.64. The molecular formula is C15H23NO. The molecule has 1 rings (SSSR count). The van der Waals surface area contributed by atoms with Crippen molar-refractivity contribution >= 4 is 5.69 Å². The first-order valence-electron chi connectivity index (χ1n) is 6.15. The second kappa shape index (κ2) is 7.00. The lowest BCUT2D eigenvalue weighted by Gasteiger charge is -2.15. The number of benzene rings is 1. The number of rotatable bonds is 6. The number of methoxy groups -OCH3 is 1. The first kappa shape index (κ1) is 13.6. The Hall–Kier alpha value is -1.44. The van der Waals surface area contributed by atoms with Crippen LogP contribution in [0.5, 0.6) is 5.75 Å². The predicted molar refractivity (Wildman–Crippen MR) is 74.7 cm³/mol. The van der Waals surface area contributed by atoms with Gasteiger partial charge in [0.1, 0.15) is 5.75 Å². The van der Waals surface area contributed by atoms with Crippen LogP contribution in [0, 0.1) is 0 Å². The molecule has 0 aromatic heterocycles. The van der Waals surface area contributed by atoms with Crippen LogP contribution in [0.4, 0.5) is 5.69 Å². The molecular weight excluding hydrogens is 210 g/mol. The highest BCUT2D eigenvalue weighted by Gasteiger charge is 2.01. The molecule has 0 aliphatic rings. The van der Waals surface area contributed by atoms with Crippen LogP contribution in [0.15, 0.2) is 35.9 Å². The van der Waals surface area contributed by atoms with E-state index in [1.165, 1.54) is 5.57 Å². The van der Waals surface area contributed by atoms with E-state index in [0.29, 0.717) is 6.04 Å². The zero-order valence-corrected chi connectivity index (χ0v) is 11.3. The summed E-state index contributed by atoms with van der Waals surface area (Å²) in [4.78, 5) is 0. The minimum absolute atomic E-state index is 0.470. The quantitative estimate of drug-likeness (QED) is 0.742. The maximum atomic E-state index is 5.20. The molecule has 0 saturated heterocycles. The van der Waals surface area contributed by atoms with E-state index in [2.05, 4.69) is 38.2 Å².